The SMILES string of the molecule is Cc1cc(F)ccc1NCC1CCSC1. The van der Waals surface area contributed by atoms with Crippen molar-refractivity contribution in [2.75, 3.05) is 23.4 Å². The van der Waals surface area contributed by atoms with Crippen LogP contribution < -0.4 is 5.32 Å². The number of benzene rings is 1. The first-order valence-corrected chi connectivity index (χ1v) is 6.49. The summed E-state index contributed by atoms with van der Waals surface area (Å²) in [5.41, 5.74) is 2.05. The number of halogens is 1. The number of rotatable bonds is 3. The molecule has 1 aromatic carbocycles. The van der Waals surface area contributed by atoms with Crippen molar-refractivity contribution < 1.29 is 4.39 Å². The molecule has 1 unspecified atom stereocenters. The van der Waals surface area contributed by atoms with Crippen LogP contribution in [0.15, 0.2) is 18.2 Å². The Morgan fingerprint density at radius 3 is 3.07 bits per heavy atom. The Hall–Kier alpha value is -0.700. The van der Waals surface area contributed by atoms with Crippen molar-refractivity contribution in [2.45, 2.75) is 13.3 Å². The van der Waals surface area contributed by atoms with E-state index in [9.17, 15) is 4.39 Å². The minimum Gasteiger partial charge on any atom is -0.385 e. The van der Waals surface area contributed by atoms with Gasteiger partial charge in [-0.15, -0.1) is 0 Å². The lowest BCUT2D eigenvalue weighted by atomic mass is 10.1. The van der Waals surface area contributed by atoms with Crippen molar-refractivity contribution in [2.24, 2.45) is 5.92 Å². The molecule has 0 amide bonds. The van der Waals surface area contributed by atoms with Gasteiger partial charge < -0.3 is 5.32 Å². The van der Waals surface area contributed by atoms with E-state index in [-0.39, 0.29) is 5.82 Å². The second-order valence-corrected chi connectivity index (χ2v) is 5.22. The molecule has 1 aliphatic heterocycles. The van der Waals surface area contributed by atoms with E-state index in [2.05, 4.69) is 5.32 Å². The summed E-state index contributed by atoms with van der Waals surface area (Å²) in [5, 5.41) is 3.40. The van der Waals surface area contributed by atoms with Crippen molar-refractivity contribution in [1.29, 1.82) is 0 Å². The van der Waals surface area contributed by atoms with Gasteiger partial charge in [0.05, 0.1) is 0 Å². The van der Waals surface area contributed by atoms with Gasteiger partial charge in [-0.2, -0.15) is 11.8 Å². The summed E-state index contributed by atoms with van der Waals surface area (Å²) in [5.74, 6) is 3.16. The maximum atomic E-state index is 12.9. The molecule has 82 valence electrons. The van der Waals surface area contributed by atoms with E-state index in [4.69, 9.17) is 0 Å². The molecule has 1 aromatic rings. The molecule has 1 saturated heterocycles. The molecule has 0 radical (unpaired) electrons. The fourth-order valence-corrected chi connectivity index (χ4v) is 3.11. The molecule has 1 N–H and O–H groups in total. The van der Waals surface area contributed by atoms with Crippen LogP contribution in [0.3, 0.4) is 0 Å². The van der Waals surface area contributed by atoms with E-state index < -0.39 is 0 Å². The Labute approximate surface area is 94.5 Å². The van der Waals surface area contributed by atoms with Gasteiger partial charge in [0.2, 0.25) is 0 Å². The molecule has 1 nitrogen and oxygen atoms in total. The van der Waals surface area contributed by atoms with Crippen molar-refractivity contribution in [3.8, 4) is 0 Å². The molecular formula is C12H16FNS. The number of aryl methyl sites for hydroxylation is 1. The highest BCUT2D eigenvalue weighted by molar-refractivity contribution is 7.99. The summed E-state index contributed by atoms with van der Waals surface area (Å²) in [6.45, 7) is 2.95. The van der Waals surface area contributed by atoms with E-state index in [0.717, 1.165) is 23.7 Å². The van der Waals surface area contributed by atoms with Gasteiger partial charge in [-0.3, -0.25) is 0 Å². The smallest absolute Gasteiger partial charge is 0.123 e. The third kappa shape index (κ3) is 2.88. The third-order valence-corrected chi connectivity index (χ3v) is 4.03. The summed E-state index contributed by atoms with van der Waals surface area (Å²) in [6, 6.07) is 4.91. The molecule has 3 heteroatoms. The maximum absolute atomic E-state index is 12.9. The van der Waals surface area contributed by atoms with Crippen molar-refractivity contribution in [1.82, 2.24) is 0 Å². The largest absolute Gasteiger partial charge is 0.385 e. The van der Waals surface area contributed by atoms with Crippen LogP contribution in [0.1, 0.15) is 12.0 Å². The molecule has 0 aliphatic carbocycles. The van der Waals surface area contributed by atoms with E-state index in [1.165, 1.54) is 24.0 Å². The molecule has 1 aliphatic rings. The monoisotopic (exact) mass is 225 g/mol. The van der Waals surface area contributed by atoms with Crippen molar-refractivity contribution >= 4 is 17.4 Å². The molecule has 0 bridgehead atoms. The highest BCUT2D eigenvalue weighted by Gasteiger charge is 2.15. The normalized spacial score (nSPS) is 20.5. The number of nitrogens with one attached hydrogen (secondary N) is 1. The Kier molecular flexibility index (Phi) is 3.52. The summed E-state index contributed by atoms with van der Waals surface area (Å²) in [6.07, 6.45) is 1.30. The summed E-state index contributed by atoms with van der Waals surface area (Å²) >= 11 is 2.02. The summed E-state index contributed by atoms with van der Waals surface area (Å²) in [4.78, 5) is 0. The fraction of sp³-hybridized carbons (Fsp3) is 0.500. The average Bonchev–Trinajstić information content (AvgIpc) is 2.69. The molecular weight excluding hydrogens is 209 g/mol. The zero-order valence-corrected chi connectivity index (χ0v) is 9.74. The fourth-order valence-electron chi connectivity index (χ4n) is 1.82. The van der Waals surface area contributed by atoms with Crippen molar-refractivity contribution in [3.63, 3.8) is 0 Å². The number of thioether (sulfide) groups is 1. The Bertz CT molecular complexity index is 334. The lowest BCUT2D eigenvalue weighted by molar-refractivity contribution is 0.623. The lowest BCUT2D eigenvalue weighted by Gasteiger charge is -2.13. The highest BCUT2D eigenvalue weighted by Crippen LogP contribution is 2.24. The zero-order chi connectivity index (χ0) is 10.7. The first kappa shape index (κ1) is 10.8. The van der Waals surface area contributed by atoms with Gasteiger partial charge >= 0.3 is 0 Å². The Morgan fingerprint density at radius 2 is 2.40 bits per heavy atom. The van der Waals surface area contributed by atoms with Gasteiger partial charge in [0.15, 0.2) is 0 Å². The highest BCUT2D eigenvalue weighted by atomic mass is 32.2. The number of hydrogen-bond acceptors (Lipinski definition) is 2. The molecule has 15 heavy (non-hydrogen) atoms. The van der Waals surface area contributed by atoms with Crippen LogP contribution in [0.5, 0.6) is 0 Å². The topological polar surface area (TPSA) is 12.0 Å². The van der Waals surface area contributed by atoms with Crippen LogP contribution in [-0.2, 0) is 0 Å². The lowest BCUT2D eigenvalue weighted by Crippen LogP contribution is -2.14. The third-order valence-electron chi connectivity index (χ3n) is 2.79. The standard InChI is InChI=1S/C12H16FNS/c1-9-6-11(13)2-3-12(9)14-7-10-4-5-15-8-10/h2-3,6,10,14H,4-5,7-8H2,1H3. The molecule has 0 spiro atoms. The summed E-state index contributed by atoms with van der Waals surface area (Å²) < 4.78 is 12.9. The van der Waals surface area contributed by atoms with Gasteiger partial charge in [0.1, 0.15) is 5.82 Å². The Balaban J connectivity index is 1.92. The predicted molar refractivity (Wildman–Crippen MR) is 65.1 cm³/mol. The second-order valence-electron chi connectivity index (χ2n) is 4.07. The van der Waals surface area contributed by atoms with Crippen LogP contribution in [0, 0.1) is 18.7 Å². The van der Waals surface area contributed by atoms with E-state index in [1.54, 1.807) is 6.07 Å². The minimum absolute atomic E-state index is 0.158. The van der Waals surface area contributed by atoms with E-state index in [0.29, 0.717) is 0 Å². The van der Waals surface area contributed by atoms with Gasteiger partial charge in [-0.1, -0.05) is 0 Å². The summed E-state index contributed by atoms with van der Waals surface area (Å²) in [7, 11) is 0. The van der Waals surface area contributed by atoms with Crippen molar-refractivity contribution in [3.05, 3.63) is 29.6 Å². The van der Waals surface area contributed by atoms with Crippen LogP contribution >= 0.6 is 11.8 Å². The van der Waals surface area contributed by atoms with Gasteiger partial charge in [-0.25, -0.2) is 4.39 Å². The van der Waals surface area contributed by atoms with Crippen LogP contribution in [0.2, 0.25) is 0 Å². The molecule has 2 rings (SSSR count). The molecule has 0 saturated carbocycles. The average molecular weight is 225 g/mol. The van der Waals surface area contributed by atoms with Crippen LogP contribution in [0.4, 0.5) is 10.1 Å². The van der Waals surface area contributed by atoms with Gasteiger partial charge in [0, 0.05) is 12.2 Å². The van der Waals surface area contributed by atoms with Gasteiger partial charge in [-0.05, 0) is 54.5 Å². The second kappa shape index (κ2) is 4.88. The molecule has 1 fully saturated rings. The van der Waals surface area contributed by atoms with E-state index >= 15 is 0 Å². The predicted octanol–water partition coefficient (Wildman–Crippen LogP) is 3.30. The molecule has 0 aromatic heterocycles. The molecule has 1 heterocycles. The first-order valence-electron chi connectivity index (χ1n) is 5.33. The van der Waals surface area contributed by atoms with Gasteiger partial charge in [0.25, 0.3) is 0 Å². The first-order chi connectivity index (χ1) is 7.25. The quantitative estimate of drug-likeness (QED) is 0.847. The van der Waals surface area contributed by atoms with Crippen LogP contribution in [0.25, 0.3) is 0 Å². The maximum Gasteiger partial charge on any atom is 0.123 e. The molecule has 1 atom stereocenters. The minimum atomic E-state index is -0.158. The number of anilines is 1. The van der Waals surface area contributed by atoms with Crippen LogP contribution in [-0.4, -0.2) is 18.1 Å². The number of hydrogen-bond donors (Lipinski definition) is 1. The Morgan fingerprint density at radius 1 is 1.53 bits per heavy atom. The zero-order valence-electron chi connectivity index (χ0n) is 8.92. The van der Waals surface area contributed by atoms with E-state index in [1.807, 2.05) is 24.8 Å².